The molecule has 0 aromatic heterocycles. The van der Waals surface area contributed by atoms with E-state index in [1.165, 1.54) is 11.4 Å². The number of hydrogen-bond donors (Lipinski definition) is 1. The number of rotatable bonds is 5. The number of hydrogen-bond acceptors (Lipinski definition) is 4. The first kappa shape index (κ1) is 17.5. The quantitative estimate of drug-likeness (QED) is 0.893. The summed E-state index contributed by atoms with van der Waals surface area (Å²) >= 11 is 0. The summed E-state index contributed by atoms with van der Waals surface area (Å²) in [7, 11) is 1.62. The van der Waals surface area contributed by atoms with Crippen molar-refractivity contribution < 1.29 is 14.3 Å². The van der Waals surface area contributed by atoms with Gasteiger partial charge in [0.1, 0.15) is 12.3 Å². The lowest BCUT2D eigenvalue weighted by molar-refractivity contribution is -0.136. The first-order valence-corrected chi connectivity index (χ1v) is 8.97. The predicted octanol–water partition coefficient (Wildman–Crippen LogP) is 2.47. The molecule has 134 valence electrons. The SMILES string of the molecule is COc1ccc(C2=NN(CC(=O)NC3CCCCC3)C(=O)CC2)cc1. The number of nitrogens with zero attached hydrogens (tertiary/aromatic N) is 2. The third kappa shape index (κ3) is 4.59. The molecule has 1 saturated carbocycles. The topological polar surface area (TPSA) is 71.0 Å². The van der Waals surface area contributed by atoms with Crippen molar-refractivity contribution >= 4 is 17.5 Å². The maximum absolute atomic E-state index is 12.3. The zero-order valence-electron chi connectivity index (χ0n) is 14.7. The second-order valence-corrected chi connectivity index (χ2v) is 6.63. The molecule has 1 N–H and O–H groups in total. The van der Waals surface area contributed by atoms with Crippen molar-refractivity contribution in [3.63, 3.8) is 0 Å². The highest BCUT2D eigenvalue weighted by atomic mass is 16.5. The average molecular weight is 343 g/mol. The van der Waals surface area contributed by atoms with Crippen LogP contribution in [0.4, 0.5) is 0 Å². The number of carbonyl (C=O) groups is 2. The minimum atomic E-state index is -0.125. The third-order valence-electron chi connectivity index (χ3n) is 4.79. The van der Waals surface area contributed by atoms with Gasteiger partial charge in [-0.15, -0.1) is 0 Å². The molecule has 0 saturated heterocycles. The van der Waals surface area contributed by atoms with Crippen LogP contribution in [0.5, 0.6) is 5.75 Å². The van der Waals surface area contributed by atoms with Crippen LogP contribution in [0.15, 0.2) is 29.4 Å². The molecule has 25 heavy (non-hydrogen) atoms. The Morgan fingerprint density at radius 3 is 2.60 bits per heavy atom. The van der Waals surface area contributed by atoms with Crippen LogP contribution in [0.25, 0.3) is 0 Å². The Balaban J connectivity index is 1.64. The molecule has 1 aliphatic heterocycles. The lowest BCUT2D eigenvalue weighted by Gasteiger charge is -2.26. The van der Waals surface area contributed by atoms with Crippen molar-refractivity contribution in [2.45, 2.75) is 51.0 Å². The lowest BCUT2D eigenvalue weighted by atomic mass is 9.95. The monoisotopic (exact) mass is 343 g/mol. The normalized spacial score (nSPS) is 18.7. The zero-order chi connectivity index (χ0) is 17.6. The van der Waals surface area contributed by atoms with Crippen LogP contribution in [-0.4, -0.2) is 42.2 Å². The van der Waals surface area contributed by atoms with Crippen molar-refractivity contribution in [2.24, 2.45) is 5.10 Å². The molecule has 6 nitrogen and oxygen atoms in total. The van der Waals surface area contributed by atoms with E-state index < -0.39 is 0 Å². The average Bonchev–Trinajstić information content (AvgIpc) is 2.64. The molecule has 2 amide bonds. The van der Waals surface area contributed by atoms with Crippen LogP contribution < -0.4 is 10.1 Å². The molecule has 2 aliphatic rings. The molecule has 0 atom stereocenters. The van der Waals surface area contributed by atoms with Crippen LogP contribution in [0, 0.1) is 0 Å². The smallest absolute Gasteiger partial charge is 0.243 e. The van der Waals surface area contributed by atoms with E-state index in [2.05, 4.69) is 10.4 Å². The van der Waals surface area contributed by atoms with Crippen molar-refractivity contribution in [1.82, 2.24) is 10.3 Å². The molecule has 1 aromatic rings. The Bertz CT molecular complexity index is 648. The molecule has 1 aliphatic carbocycles. The maximum Gasteiger partial charge on any atom is 0.243 e. The van der Waals surface area contributed by atoms with Gasteiger partial charge in [-0.1, -0.05) is 19.3 Å². The molecule has 3 rings (SSSR count). The predicted molar refractivity (Wildman–Crippen MR) is 95.5 cm³/mol. The Morgan fingerprint density at radius 1 is 1.20 bits per heavy atom. The number of amides is 2. The molecule has 0 bridgehead atoms. The van der Waals surface area contributed by atoms with Crippen LogP contribution >= 0.6 is 0 Å². The number of benzene rings is 1. The molecule has 1 aromatic carbocycles. The number of methoxy groups -OCH3 is 1. The summed E-state index contributed by atoms with van der Waals surface area (Å²) in [5.74, 6) is 0.552. The lowest BCUT2D eigenvalue weighted by Crippen LogP contribution is -2.44. The maximum atomic E-state index is 12.3. The van der Waals surface area contributed by atoms with Gasteiger partial charge in [0.05, 0.1) is 12.8 Å². The highest BCUT2D eigenvalue weighted by Gasteiger charge is 2.24. The molecular weight excluding hydrogens is 318 g/mol. The highest BCUT2D eigenvalue weighted by Crippen LogP contribution is 2.19. The first-order valence-electron chi connectivity index (χ1n) is 8.97. The molecule has 1 fully saturated rings. The van der Waals surface area contributed by atoms with Gasteiger partial charge in [0.15, 0.2) is 0 Å². The summed E-state index contributed by atoms with van der Waals surface area (Å²) in [6.45, 7) is -0.00497. The summed E-state index contributed by atoms with van der Waals surface area (Å²) in [5.41, 5.74) is 1.78. The van der Waals surface area contributed by atoms with E-state index in [0.717, 1.165) is 42.7 Å². The Hall–Kier alpha value is -2.37. The molecule has 0 unspecified atom stereocenters. The fraction of sp³-hybridized carbons (Fsp3) is 0.526. The fourth-order valence-electron chi connectivity index (χ4n) is 3.37. The van der Waals surface area contributed by atoms with Crippen molar-refractivity contribution in [2.75, 3.05) is 13.7 Å². The summed E-state index contributed by atoms with van der Waals surface area (Å²) in [4.78, 5) is 24.4. The van der Waals surface area contributed by atoms with Gasteiger partial charge in [0.25, 0.3) is 0 Å². The molecule has 6 heteroatoms. The van der Waals surface area contributed by atoms with Gasteiger partial charge in [-0.3, -0.25) is 9.59 Å². The van der Waals surface area contributed by atoms with Crippen LogP contribution in [0.3, 0.4) is 0 Å². The van der Waals surface area contributed by atoms with E-state index in [4.69, 9.17) is 4.74 Å². The van der Waals surface area contributed by atoms with Gasteiger partial charge in [-0.05, 0) is 42.7 Å². The van der Waals surface area contributed by atoms with E-state index in [1.807, 2.05) is 24.3 Å². The third-order valence-corrected chi connectivity index (χ3v) is 4.79. The van der Waals surface area contributed by atoms with Crippen LogP contribution in [-0.2, 0) is 9.59 Å². The molecule has 1 heterocycles. The Labute approximate surface area is 148 Å². The zero-order valence-corrected chi connectivity index (χ0v) is 14.7. The summed E-state index contributed by atoms with van der Waals surface area (Å²) < 4.78 is 5.16. The van der Waals surface area contributed by atoms with Gasteiger partial charge in [-0.25, -0.2) is 5.01 Å². The fourth-order valence-corrected chi connectivity index (χ4v) is 3.37. The van der Waals surface area contributed by atoms with Crippen LogP contribution in [0.2, 0.25) is 0 Å². The largest absolute Gasteiger partial charge is 0.497 e. The van der Waals surface area contributed by atoms with Gasteiger partial charge < -0.3 is 10.1 Å². The first-order chi connectivity index (χ1) is 12.2. The summed E-state index contributed by atoms with van der Waals surface area (Å²) in [6.07, 6.45) is 6.58. The Kier molecular flexibility index (Phi) is 5.68. The number of nitrogens with one attached hydrogen (secondary N) is 1. The van der Waals surface area contributed by atoms with Gasteiger partial charge >= 0.3 is 0 Å². The van der Waals surface area contributed by atoms with Crippen LogP contribution in [0.1, 0.15) is 50.5 Å². The van der Waals surface area contributed by atoms with Gasteiger partial charge in [-0.2, -0.15) is 5.10 Å². The number of carbonyl (C=O) groups excluding carboxylic acids is 2. The molecular formula is C19H25N3O3. The standard InChI is InChI=1S/C19H25N3O3/c1-25-16-9-7-14(8-10-16)17-11-12-19(24)22(21-17)13-18(23)20-15-5-3-2-4-6-15/h7-10,15H,2-6,11-13H2,1H3,(H,20,23). The summed E-state index contributed by atoms with van der Waals surface area (Å²) in [6, 6.07) is 7.83. The Morgan fingerprint density at radius 2 is 1.92 bits per heavy atom. The second-order valence-electron chi connectivity index (χ2n) is 6.63. The van der Waals surface area contributed by atoms with Gasteiger partial charge in [0.2, 0.25) is 11.8 Å². The minimum Gasteiger partial charge on any atom is -0.497 e. The van der Waals surface area contributed by atoms with E-state index in [1.54, 1.807) is 7.11 Å². The molecule has 0 spiro atoms. The summed E-state index contributed by atoms with van der Waals surface area (Å²) in [5, 5.41) is 8.76. The second kappa shape index (κ2) is 8.14. The number of hydrazone groups is 1. The minimum absolute atomic E-state index is 0.00497. The van der Waals surface area contributed by atoms with E-state index in [0.29, 0.717) is 12.8 Å². The molecule has 0 radical (unpaired) electrons. The van der Waals surface area contributed by atoms with Crippen molar-refractivity contribution in [3.8, 4) is 5.75 Å². The van der Waals surface area contributed by atoms with Crippen molar-refractivity contribution in [1.29, 1.82) is 0 Å². The van der Waals surface area contributed by atoms with E-state index in [9.17, 15) is 9.59 Å². The van der Waals surface area contributed by atoms with Crippen molar-refractivity contribution in [3.05, 3.63) is 29.8 Å². The van der Waals surface area contributed by atoms with E-state index >= 15 is 0 Å². The van der Waals surface area contributed by atoms with E-state index in [-0.39, 0.29) is 24.4 Å². The van der Waals surface area contributed by atoms with Gasteiger partial charge in [0, 0.05) is 18.9 Å². The number of ether oxygens (including phenoxy) is 1. The highest BCUT2D eigenvalue weighted by molar-refractivity contribution is 6.04.